The first-order valence-electron chi connectivity index (χ1n) is 4.78. The topological polar surface area (TPSA) is 40.5 Å². The normalized spacial score (nSPS) is 48.8. The van der Waals surface area contributed by atoms with Gasteiger partial charge in [0.15, 0.2) is 0 Å². The molecule has 0 heterocycles. The quantitative estimate of drug-likeness (QED) is 0.572. The molecule has 2 nitrogen and oxygen atoms in total. The van der Waals surface area contributed by atoms with Gasteiger partial charge in [0.1, 0.15) is 0 Å². The van der Waals surface area contributed by atoms with Crippen molar-refractivity contribution in [3.8, 4) is 0 Å². The van der Waals surface area contributed by atoms with Crippen LogP contribution >= 0.6 is 0 Å². The summed E-state index contributed by atoms with van der Waals surface area (Å²) < 4.78 is 0. The van der Waals surface area contributed by atoms with E-state index >= 15 is 0 Å². The van der Waals surface area contributed by atoms with Crippen LogP contribution in [-0.4, -0.2) is 22.9 Å². The third-order valence-electron chi connectivity index (χ3n) is 3.28. The van der Waals surface area contributed by atoms with E-state index in [-0.39, 0.29) is 6.10 Å². The summed E-state index contributed by atoms with van der Waals surface area (Å²) in [6.07, 6.45) is 6.72. The van der Waals surface area contributed by atoms with Crippen LogP contribution in [0.25, 0.3) is 0 Å². The van der Waals surface area contributed by atoms with Crippen molar-refractivity contribution in [3.05, 3.63) is 12.2 Å². The van der Waals surface area contributed by atoms with Crippen LogP contribution in [0.4, 0.5) is 0 Å². The van der Waals surface area contributed by atoms with Gasteiger partial charge < -0.3 is 10.2 Å². The Balaban J connectivity index is 1.95. The van der Waals surface area contributed by atoms with Crippen molar-refractivity contribution in [3.63, 3.8) is 0 Å². The average Bonchev–Trinajstić information content (AvgIpc) is 2.70. The Morgan fingerprint density at radius 2 is 2.08 bits per heavy atom. The maximum atomic E-state index is 9.36. The molecule has 1 saturated carbocycles. The first kappa shape index (κ1) is 8.27. The smallest absolute Gasteiger partial charge is 0.0721 e. The van der Waals surface area contributed by atoms with E-state index in [1.54, 1.807) is 0 Å². The predicted molar refractivity (Wildman–Crippen MR) is 46.6 cm³/mol. The molecular weight excluding hydrogens is 152 g/mol. The largest absolute Gasteiger partial charge is 0.396 e. The van der Waals surface area contributed by atoms with Gasteiger partial charge in [0, 0.05) is 6.61 Å². The Bertz CT molecular complexity index is 188. The summed E-state index contributed by atoms with van der Waals surface area (Å²) in [5, 5.41) is 18.4. The van der Waals surface area contributed by atoms with E-state index in [2.05, 4.69) is 6.08 Å². The summed E-state index contributed by atoms with van der Waals surface area (Å²) in [6, 6.07) is 0. The molecule has 0 aromatic carbocycles. The molecule has 0 aromatic rings. The minimum absolute atomic E-state index is 0.245. The van der Waals surface area contributed by atoms with Crippen LogP contribution in [0, 0.1) is 17.8 Å². The minimum atomic E-state index is -0.245. The molecule has 0 spiro atoms. The lowest BCUT2D eigenvalue weighted by Crippen LogP contribution is -2.04. The fourth-order valence-corrected chi connectivity index (χ4v) is 2.43. The van der Waals surface area contributed by atoms with E-state index in [4.69, 9.17) is 5.11 Å². The highest BCUT2D eigenvalue weighted by molar-refractivity contribution is 5.04. The van der Waals surface area contributed by atoms with Crippen LogP contribution in [0.15, 0.2) is 12.2 Å². The van der Waals surface area contributed by atoms with Gasteiger partial charge in [-0.25, -0.2) is 0 Å². The van der Waals surface area contributed by atoms with E-state index in [0.29, 0.717) is 24.4 Å². The molecule has 0 aliphatic heterocycles. The second kappa shape index (κ2) is 3.19. The number of hydrogen-bond donors (Lipinski definition) is 2. The molecule has 2 heteroatoms. The highest BCUT2D eigenvalue weighted by Crippen LogP contribution is 2.51. The van der Waals surface area contributed by atoms with E-state index < -0.39 is 0 Å². The number of hydrogen-bond acceptors (Lipinski definition) is 2. The summed E-state index contributed by atoms with van der Waals surface area (Å²) in [7, 11) is 0. The molecule has 0 radical (unpaired) electrons. The summed E-state index contributed by atoms with van der Waals surface area (Å²) in [6.45, 7) is 0.333. The van der Waals surface area contributed by atoms with Gasteiger partial charge in [-0.3, -0.25) is 0 Å². The number of aliphatic hydroxyl groups is 2. The summed E-state index contributed by atoms with van der Waals surface area (Å²) in [4.78, 5) is 0. The monoisotopic (exact) mass is 168 g/mol. The highest BCUT2D eigenvalue weighted by Gasteiger charge is 2.48. The van der Waals surface area contributed by atoms with Crippen LogP contribution in [0.1, 0.15) is 19.3 Å². The van der Waals surface area contributed by atoms with Crippen molar-refractivity contribution >= 4 is 0 Å². The summed E-state index contributed by atoms with van der Waals surface area (Å²) in [5.41, 5.74) is 0. The van der Waals surface area contributed by atoms with Gasteiger partial charge in [-0.1, -0.05) is 12.2 Å². The zero-order valence-electron chi connectivity index (χ0n) is 7.19. The molecule has 0 amide bonds. The molecule has 4 atom stereocenters. The molecule has 2 aliphatic rings. The van der Waals surface area contributed by atoms with Crippen molar-refractivity contribution in [1.82, 2.24) is 0 Å². The Labute approximate surface area is 72.9 Å². The number of aliphatic hydroxyl groups excluding tert-OH is 2. The molecule has 1 fully saturated rings. The molecule has 0 aromatic heterocycles. The van der Waals surface area contributed by atoms with E-state index in [9.17, 15) is 5.11 Å². The number of fused-ring (bicyclic) bond motifs is 1. The van der Waals surface area contributed by atoms with E-state index in [1.807, 2.05) is 6.08 Å². The Morgan fingerprint density at radius 1 is 1.25 bits per heavy atom. The van der Waals surface area contributed by atoms with Gasteiger partial charge in [-0.15, -0.1) is 0 Å². The average molecular weight is 168 g/mol. The maximum absolute atomic E-state index is 9.36. The van der Waals surface area contributed by atoms with E-state index in [1.165, 1.54) is 0 Å². The standard InChI is InChI=1S/C10H16O2/c11-6-10-8-3-1-2-7(12)4-5-9(8)10/h1-2,7-12H,3-6H2/b2-1+/t7-,8-,9+,10+/m0/s1. The fraction of sp³-hybridized carbons (Fsp3) is 0.800. The fourth-order valence-electron chi connectivity index (χ4n) is 2.43. The van der Waals surface area contributed by atoms with Gasteiger partial charge in [0.2, 0.25) is 0 Å². The predicted octanol–water partition coefficient (Wildman–Crippen LogP) is 0.942. The van der Waals surface area contributed by atoms with Gasteiger partial charge in [-0.2, -0.15) is 0 Å². The molecule has 2 N–H and O–H groups in total. The SMILES string of the molecule is OC[C@@H]1[C@H]2C/C=C/[C@H](O)CC[C@@H]12. The molecule has 0 saturated heterocycles. The number of rotatable bonds is 1. The van der Waals surface area contributed by atoms with E-state index in [0.717, 1.165) is 19.3 Å². The Hall–Kier alpha value is -0.340. The lowest BCUT2D eigenvalue weighted by Gasteiger charge is -2.07. The van der Waals surface area contributed by atoms with Crippen LogP contribution in [0.2, 0.25) is 0 Å². The molecule has 68 valence electrons. The minimum Gasteiger partial charge on any atom is -0.396 e. The third kappa shape index (κ3) is 1.41. The first-order chi connectivity index (χ1) is 5.83. The second-order valence-electron chi connectivity index (χ2n) is 3.98. The summed E-state index contributed by atoms with van der Waals surface area (Å²) >= 11 is 0. The van der Waals surface area contributed by atoms with Gasteiger partial charge >= 0.3 is 0 Å². The van der Waals surface area contributed by atoms with Crippen LogP contribution in [0.5, 0.6) is 0 Å². The van der Waals surface area contributed by atoms with Crippen molar-refractivity contribution < 1.29 is 10.2 Å². The van der Waals surface area contributed by atoms with Crippen molar-refractivity contribution in [1.29, 1.82) is 0 Å². The van der Waals surface area contributed by atoms with Crippen molar-refractivity contribution in [2.45, 2.75) is 25.4 Å². The third-order valence-corrected chi connectivity index (χ3v) is 3.28. The first-order valence-corrected chi connectivity index (χ1v) is 4.78. The Morgan fingerprint density at radius 3 is 2.83 bits per heavy atom. The molecule has 0 bridgehead atoms. The van der Waals surface area contributed by atoms with Gasteiger partial charge in [0.25, 0.3) is 0 Å². The summed E-state index contributed by atoms with van der Waals surface area (Å²) in [5.74, 6) is 1.92. The van der Waals surface area contributed by atoms with Gasteiger partial charge in [-0.05, 0) is 37.0 Å². The molecule has 2 aliphatic carbocycles. The van der Waals surface area contributed by atoms with Gasteiger partial charge in [0.05, 0.1) is 6.10 Å². The highest BCUT2D eigenvalue weighted by atomic mass is 16.3. The molecule has 0 unspecified atom stereocenters. The number of allylic oxidation sites excluding steroid dienone is 1. The zero-order chi connectivity index (χ0) is 8.55. The lowest BCUT2D eigenvalue weighted by atomic mass is 10.0. The zero-order valence-corrected chi connectivity index (χ0v) is 7.19. The molecular formula is C10H16O2. The lowest BCUT2D eigenvalue weighted by molar-refractivity contribution is 0.202. The van der Waals surface area contributed by atoms with Crippen LogP contribution in [0.3, 0.4) is 0 Å². The molecule has 12 heavy (non-hydrogen) atoms. The second-order valence-corrected chi connectivity index (χ2v) is 3.98. The van der Waals surface area contributed by atoms with Crippen LogP contribution in [-0.2, 0) is 0 Å². The van der Waals surface area contributed by atoms with Crippen molar-refractivity contribution in [2.24, 2.45) is 17.8 Å². The maximum Gasteiger partial charge on any atom is 0.0721 e. The molecule has 2 rings (SSSR count). The van der Waals surface area contributed by atoms with Crippen LogP contribution < -0.4 is 0 Å². The van der Waals surface area contributed by atoms with Crippen molar-refractivity contribution in [2.75, 3.05) is 6.61 Å². The Kier molecular flexibility index (Phi) is 2.20.